The van der Waals surface area contributed by atoms with Crippen molar-refractivity contribution >= 4 is 17.3 Å². The Bertz CT molecular complexity index is 817. The van der Waals surface area contributed by atoms with Crippen LogP contribution in [0.4, 0.5) is 17.3 Å². The zero-order valence-electron chi connectivity index (χ0n) is 14.8. The van der Waals surface area contributed by atoms with E-state index in [1.54, 1.807) is 0 Å². The van der Waals surface area contributed by atoms with E-state index >= 15 is 0 Å². The van der Waals surface area contributed by atoms with Crippen molar-refractivity contribution in [2.45, 2.75) is 52.2 Å². The number of hydrogen-bond acceptors (Lipinski definition) is 4. The number of fused-ring (bicyclic) bond motifs is 7. The van der Waals surface area contributed by atoms with Crippen LogP contribution in [0.25, 0.3) is 0 Å². The summed E-state index contributed by atoms with van der Waals surface area (Å²) in [6.45, 7) is 9.39. The molecule has 0 radical (unpaired) electrons. The highest BCUT2D eigenvalue weighted by atomic mass is 15.5. The molecule has 0 spiro atoms. The van der Waals surface area contributed by atoms with Crippen LogP contribution in [0.3, 0.4) is 0 Å². The average molecular weight is 320 g/mol. The number of aromatic nitrogens is 2. The molecular formula is C20H24N4. The predicted molar refractivity (Wildman–Crippen MR) is 96.6 cm³/mol. The van der Waals surface area contributed by atoms with E-state index in [0.29, 0.717) is 18.1 Å². The van der Waals surface area contributed by atoms with Crippen LogP contribution in [0.5, 0.6) is 0 Å². The predicted octanol–water partition coefficient (Wildman–Crippen LogP) is 4.31. The quantitative estimate of drug-likeness (QED) is 0.783. The molecule has 2 aliphatic heterocycles. The summed E-state index contributed by atoms with van der Waals surface area (Å²) in [5.74, 6) is 3.37. The summed E-state index contributed by atoms with van der Waals surface area (Å²) in [6.07, 6.45) is 5.23. The molecule has 3 heterocycles. The van der Waals surface area contributed by atoms with Crippen LogP contribution in [-0.2, 0) is 0 Å². The van der Waals surface area contributed by atoms with E-state index in [-0.39, 0.29) is 5.41 Å². The number of para-hydroxylation sites is 1. The Labute approximate surface area is 143 Å². The summed E-state index contributed by atoms with van der Waals surface area (Å²) < 4.78 is 0. The van der Waals surface area contributed by atoms with Crippen molar-refractivity contribution in [3.05, 3.63) is 42.2 Å². The van der Waals surface area contributed by atoms with Crippen LogP contribution in [-0.4, -0.2) is 22.2 Å². The maximum Gasteiger partial charge on any atom is 0.178 e. The van der Waals surface area contributed by atoms with E-state index in [2.05, 4.69) is 61.8 Å². The molecule has 2 aromatic rings. The summed E-state index contributed by atoms with van der Waals surface area (Å²) in [7, 11) is 0. The molecule has 3 aliphatic rings. The van der Waals surface area contributed by atoms with E-state index in [1.165, 1.54) is 17.7 Å². The number of nitrogens with zero attached hydrogens (tertiary/aromatic N) is 4. The SMILES string of the molecule is CC1c2ccccc2N2c3nccnc3N(C(C)C)C2C2(C)CC12. The lowest BCUT2D eigenvalue weighted by Crippen LogP contribution is -2.50. The molecule has 0 N–H and O–H groups in total. The molecule has 4 nitrogen and oxygen atoms in total. The molecule has 1 fully saturated rings. The van der Waals surface area contributed by atoms with E-state index in [9.17, 15) is 0 Å². The van der Waals surface area contributed by atoms with Gasteiger partial charge in [0.05, 0.1) is 0 Å². The minimum Gasteiger partial charge on any atom is -0.330 e. The van der Waals surface area contributed by atoms with Crippen molar-refractivity contribution in [1.82, 2.24) is 9.97 Å². The van der Waals surface area contributed by atoms with Gasteiger partial charge >= 0.3 is 0 Å². The first kappa shape index (κ1) is 14.3. The monoisotopic (exact) mass is 320 g/mol. The number of rotatable bonds is 1. The molecule has 124 valence electrons. The Kier molecular flexibility index (Phi) is 2.67. The molecule has 1 aromatic carbocycles. The van der Waals surface area contributed by atoms with Crippen molar-refractivity contribution in [3.63, 3.8) is 0 Å². The summed E-state index contributed by atoms with van der Waals surface area (Å²) in [5, 5.41) is 0. The Balaban J connectivity index is 1.81. The molecule has 4 heteroatoms. The van der Waals surface area contributed by atoms with Crippen LogP contribution in [0.2, 0.25) is 0 Å². The molecule has 0 amide bonds. The van der Waals surface area contributed by atoms with E-state index in [4.69, 9.17) is 9.97 Å². The molecule has 1 saturated carbocycles. The second-order valence-electron chi connectivity index (χ2n) is 8.11. The molecule has 4 atom stereocenters. The Morgan fingerprint density at radius 2 is 1.83 bits per heavy atom. The fraction of sp³-hybridized carbons (Fsp3) is 0.500. The van der Waals surface area contributed by atoms with Crippen molar-refractivity contribution in [2.75, 3.05) is 9.80 Å². The van der Waals surface area contributed by atoms with Gasteiger partial charge in [0.2, 0.25) is 0 Å². The van der Waals surface area contributed by atoms with Crippen molar-refractivity contribution < 1.29 is 0 Å². The maximum absolute atomic E-state index is 4.75. The highest BCUT2D eigenvalue weighted by Crippen LogP contribution is 2.68. The fourth-order valence-electron chi connectivity index (χ4n) is 5.19. The standard InChI is InChI=1S/C20H24N4/c1-12(2)23-17-18(22-10-9-21-17)24-16-8-6-5-7-14(16)13(3)15-11-20(15,4)19(23)24/h5-10,12-13,15,19H,11H2,1-4H3. The summed E-state index contributed by atoms with van der Waals surface area (Å²) in [5.41, 5.74) is 3.05. The van der Waals surface area contributed by atoms with Gasteiger partial charge in [-0.1, -0.05) is 32.0 Å². The first-order valence-corrected chi connectivity index (χ1v) is 9.01. The normalized spacial score (nSPS) is 32.8. The van der Waals surface area contributed by atoms with Crippen LogP contribution < -0.4 is 9.80 Å². The Morgan fingerprint density at radius 3 is 2.58 bits per heavy atom. The lowest BCUT2D eigenvalue weighted by Gasteiger charge is -2.38. The highest BCUT2D eigenvalue weighted by Gasteiger charge is 2.65. The second-order valence-corrected chi connectivity index (χ2v) is 8.11. The van der Waals surface area contributed by atoms with E-state index in [0.717, 1.165) is 17.6 Å². The zero-order valence-corrected chi connectivity index (χ0v) is 14.8. The van der Waals surface area contributed by atoms with Crippen LogP contribution in [0.15, 0.2) is 36.7 Å². The summed E-state index contributed by atoms with van der Waals surface area (Å²) >= 11 is 0. The fourth-order valence-corrected chi connectivity index (χ4v) is 5.19. The van der Waals surface area contributed by atoms with Gasteiger partial charge in [-0.25, -0.2) is 9.97 Å². The van der Waals surface area contributed by atoms with Crippen molar-refractivity contribution in [3.8, 4) is 0 Å². The van der Waals surface area contributed by atoms with Crippen LogP contribution in [0, 0.1) is 11.3 Å². The van der Waals surface area contributed by atoms with Gasteiger partial charge in [-0.3, -0.25) is 0 Å². The number of hydrogen-bond donors (Lipinski definition) is 0. The lowest BCUT2D eigenvalue weighted by molar-refractivity contribution is 0.363. The molecule has 5 rings (SSSR count). The third-order valence-electron chi connectivity index (χ3n) is 6.42. The molecule has 1 aromatic heterocycles. The molecule has 1 aliphatic carbocycles. The van der Waals surface area contributed by atoms with E-state index in [1.807, 2.05) is 12.4 Å². The molecule has 0 saturated heterocycles. The van der Waals surface area contributed by atoms with Crippen LogP contribution >= 0.6 is 0 Å². The molecule has 0 bridgehead atoms. The molecular weight excluding hydrogens is 296 g/mol. The first-order chi connectivity index (χ1) is 11.5. The minimum absolute atomic E-state index is 0.283. The van der Waals surface area contributed by atoms with Gasteiger partial charge in [0.15, 0.2) is 11.6 Å². The van der Waals surface area contributed by atoms with Crippen molar-refractivity contribution in [2.24, 2.45) is 11.3 Å². The van der Waals surface area contributed by atoms with Gasteiger partial charge in [-0.15, -0.1) is 0 Å². The van der Waals surface area contributed by atoms with Gasteiger partial charge in [0.1, 0.15) is 6.17 Å². The maximum atomic E-state index is 4.75. The van der Waals surface area contributed by atoms with E-state index < -0.39 is 0 Å². The summed E-state index contributed by atoms with van der Waals surface area (Å²) in [6, 6.07) is 9.28. The minimum atomic E-state index is 0.283. The van der Waals surface area contributed by atoms with Gasteiger partial charge in [0.25, 0.3) is 0 Å². The number of anilines is 3. The van der Waals surface area contributed by atoms with Gasteiger partial charge < -0.3 is 9.80 Å². The second kappa shape index (κ2) is 4.50. The average Bonchev–Trinajstić information content (AvgIpc) is 3.15. The lowest BCUT2D eigenvalue weighted by atomic mass is 9.90. The topological polar surface area (TPSA) is 32.3 Å². The molecule has 4 unspecified atom stereocenters. The number of benzene rings is 1. The smallest absolute Gasteiger partial charge is 0.178 e. The molecule has 24 heavy (non-hydrogen) atoms. The summed E-state index contributed by atoms with van der Waals surface area (Å²) in [4.78, 5) is 14.4. The largest absolute Gasteiger partial charge is 0.330 e. The third kappa shape index (κ3) is 1.59. The third-order valence-corrected chi connectivity index (χ3v) is 6.42. The van der Waals surface area contributed by atoms with Crippen LogP contribution in [0.1, 0.15) is 45.6 Å². The van der Waals surface area contributed by atoms with Crippen molar-refractivity contribution in [1.29, 1.82) is 0 Å². The van der Waals surface area contributed by atoms with Gasteiger partial charge in [-0.05, 0) is 43.7 Å². The highest BCUT2D eigenvalue weighted by molar-refractivity contribution is 5.81. The Morgan fingerprint density at radius 1 is 1.12 bits per heavy atom. The zero-order chi connectivity index (χ0) is 16.6. The van der Waals surface area contributed by atoms with Gasteiger partial charge in [-0.2, -0.15) is 0 Å². The first-order valence-electron chi connectivity index (χ1n) is 9.01. The Hall–Kier alpha value is -2.10. The van der Waals surface area contributed by atoms with Gasteiger partial charge in [0, 0.05) is 29.5 Å².